The fourth-order valence-electron chi connectivity index (χ4n) is 1.17. The normalized spacial score (nSPS) is 10.1. The molecule has 2 N–H and O–H groups in total. The van der Waals surface area contributed by atoms with Crippen LogP contribution in [0.3, 0.4) is 0 Å². The highest BCUT2D eigenvalue weighted by atomic mass is 35.5. The molecule has 1 amide bonds. The molecule has 0 aromatic heterocycles. The number of aromatic hydroxyl groups is 1. The predicted molar refractivity (Wildman–Crippen MR) is 61.9 cm³/mol. The minimum Gasteiger partial charge on any atom is -0.507 e. The van der Waals surface area contributed by atoms with Crippen molar-refractivity contribution in [1.82, 2.24) is 5.32 Å². The van der Waals surface area contributed by atoms with Crippen molar-refractivity contribution < 1.29 is 14.6 Å². The largest absolute Gasteiger partial charge is 0.507 e. The van der Waals surface area contributed by atoms with E-state index in [0.29, 0.717) is 24.8 Å². The summed E-state index contributed by atoms with van der Waals surface area (Å²) < 4.78 is 5.07. The standard InChI is InChI=1S/C11H14ClNO3/c1-2-16-6-5-13-11(15)9-7-8(12)3-4-10(9)14/h3-4,7,14H,2,5-6H2,1H3,(H,13,15). The summed E-state index contributed by atoms with van der Waals surface area (Å²) in [6.45, 7) is 3.34. The molecule has 0 radical (unpaired) electrons. The number of halogens is 1. The van der Waals surface area contributed by atoms with Gasteiger partial charge in [-0.05, 0) is 25.1 Å². The Hall–Kier alpha value is -1.26. The number of hydrogen-bond acceptors (Lipinski definition) is 3. The SMILES string of the molecule is CCOCCNC(=O)c1cc(Cl)ccc1O. The van der Waals surface area contributed by atoms with E-state index in [1.165, 1.54) is 18.2 Å². The Balaban J connectivity index is 2.55. The third-order valence-corrected chi connectivity index (χ3v) is 2.17. The van der Waals surface area contributed by atoms with E-state index in [1.807, 2.05) is 6.92 Å². The van der Waals surface area contributed by atoms with E-state index in [0.717, 1.165) is 0 Å². The van der Waals surface area contributed by atoms with Gasteiger partial charge < -0.3 is 15.2 Å². The third kappa shape index (κ3) is 3.72. The van der Waals surface area contributed by atoms with E-state index in [4.69, 9.17) is 16.3 Å². The highest BCUT2D eigenvalue weighted by molar-refractivity contribution is 6.31. The number of ether oxygens (including phenoxy) is 1. The van der Waals surface area contributed by atoms with E-state index in [-0.39, 0.29) is 17.2 Å². The van der Waals surface area contributed by atoms with Crippen LogP contribution in [0.5, 0.6) is 5.75 Å². The van der Waals surface area contributed by atoms with Gasteiger partial charge in [0.2, 0.25) is 0 Å². The molecule has 0 saturated heterocycles. The number of carbonyl (C=O) groups is 1. The van der Waals surface area contributed by atoms with Crippen LogP contribution in [0.15, 0.2) is 18.2 Å². The summed E-state index contributed by atoms with van der Waals surface area (Å²) in [5, 5.41) is 12.5. The number of phenolic OH excluding ortho intramolecular Hbond substituents is 1. The first-order chi connectivity index (χ1) is 7.65. The number of nitrogens with one attached hydrogen (secondary N) is 1. The molecule has 0 atom stereocenters. The molecule has 0 aliphatic heterocycles. The van der Waals surface area contributed by atoms with Crippen molar-refractivity contribution in [2.24, 2.45) is 0 Å². The maximum absolute atomic E-state index is 11.6. The van der Waals surface area contributed by atoms with Gasteiger partial charge in [0.05, 0.1) is 12.2 Å². The molecule has 0 aliphatic rings. The summed E-state index contributed by atoms with van der Waals surface area (Å²) >= 11 is 5.73. The molecule has 16 heavy (non-hydrogen) atoms. The van der Waals surface area contributed by atoms with E-state index in [9.17, 15) is 9.90 Å². The third-order valence-electron chi connectivity index (χ3n) is 1.94. The van der Waals surface area contributed by atoms with Crippen LogP contribution >= 0.6 is 11.6 Å². The fourth-order valence-corrected chi connectivity index (χ4v) is 1.34. The van der Waals surface area contributed by atoms with Crippen molar-refractivity contribution >= 4 is 17.5 Å². The maximum atomic E-state index is 11.6. The van der Waals surface area contributed by atoms with Crippen LogP contribution in [0.25, 0.3) is 0 Å². The van der Waals surface area contributed by atoms with Gasteiger partial charge >= 0.3 is 0 Å². The van der Waals surface area contributed by atoms with Crippen molar-refractivity contribution in [3.8, 4) is 5.75 Å². The molecule has 1 aromatic carbocycles. The van der Waals surface area contributed by atoms with Crippen molar-refractivity contribution in [2.75, 3.05) is 19.8 Å². The van der Waals surface area contributed by atoms with Crippen LogP contribution in [-0.2, 0) is 4.74 Å². The molecule has 88 valence electrons. The van der Waals surface area contributed by atoms with Crippen molar-refractivity contribution in [3.63, 3.8) is 0 Å². The number of carbonyl (C=O) groups excluding carboxylic acids is 1. The number of phenols is 1. The lowest BCUT2D eigenvalue weighted by Crippen LogP contribution is -2.27. The summed E-state index contributed by atoms with van der Waals surface area (Å²) in [5.41, 5.74) is 0.170. The van der Waals surface area contributed by atoms with Gasteiger partial charge in [0, 0.05) is 18.2 Å². The minimum atomic E-state index is -0.361. The monoisotopic (exact) mass is 243 g/mol. The molecule has 0 unspecified atom stereocenters. The Morgan fingerprint density at radius 1 is 1.56 bits per heavy atom. The molecule has 1 rings (SSSR count). The van der Waals surface area contributed by atoms with Gasteiger partial charge in [0.15, 0.2) is 0 Å². The zero-order chi connectivity index (χ0) is 12.0. The van der Waals surface area contributed by atoms with Gasteiger partial charge in [-0.2, -0.15) is 0 Å². The van der Waals surface area contributed by atoms with Crippen LogP contribution in [0, 0.1) is 0 Å². The maximum Gasteiger partial charge on any atom is 0.255 e. The van der Waals surface area contributed by atoms with E-state index >= 15 is 0 Å². The second kappa shape index (κ2) is 6.35. The molecule has 0 heterocycles. The van der Waals surface area contributed by atoms with Gasteiger partial charge in [0.1, 0.15) is 5.75 Å². The molecule has 0 bridgehead atoms. The second-order valence-corrected chi connectivity index (χ2v) is 3.55. The van der Waals surface area contributed by atoms with Crippen molar-refractivity contribution in [1.29, 1.82) is 0 Å². The van der Waals surface area contributed by atoms with E-state index < -0.39 is 0 Å². The molecule has 0 spiro atoms. The van der Waals surface area contributed by atoms with Crippen molar-refractivity contribution in [2.45, 2.75) is 6.92 Å². The number of rotatable bonds is 5. The molecule has 0 aliphatic carbocycles. The Morgan fingerprint density at radius 2 is 2.31 bits per heavy atom. The van der Waals surface area contributed by atoms with Gasteiger partial charge in [-0.1, -0.05) is 11.6 Å². The zero-order valence-corrected chi connectivity index (χ0v) is 9.75. The minimum absolute atomic E-state index is 0.0849. The lowest BCUT2D eigenvalue weighted by atomic mass is 10.2. The van der Waals surface area contributed by atoms with Crippen LogP contribution in [-0.4, -0.2) is 30.8 Å². The molecule has 1 aromatic rings. The fraction of sp³-hybridized carbons (Fsp3) is 0.364. The predicted octanol–water partition coefficient (Wildman–Crippen LogP) is 1.81. The Kier molecular flexibility index (Phi) is 5.08. The highest BCUT2D eigenvalue weighted by Gasteiger charge is 2.10. The van der Waals surface area contributed by atoms with Crippen LogP contribution in [0.4, 0.5) is 0 Å². The summed E-state index contributed by atoms with van der Waals surface area (Å²) in [7, 11) is 0. The molecule has 0 saturated carbocycles. The smallest absolute Gasteiger partial charge is 0.255 e. The molecule has 5 heteroatoms. The first-order valence-electron chi connectivity index (χ1n) is 4.99. The Bertz CT molecular complexity index is 368. The highest BCUT2D eigenvalue weighted by Crippen LogP contribution is 2.20. The van der Waals surface area contributed by atoms with Crippen LogP contribution < -0.4 is 5.32 Å². The molecule has 0 fully saturated rings. The second-order valence-electron chi connectivity index (χ2n) is 3.11. The molecular weight excluding hydrogens is 230 g/mol. The lowest BCUT2D eigenvalue weighted by molar-refractivity contribution is 0.0920. The van der Waals surface area contributed by atoms with Crippen molar-refractivity contribution in [3.05, 3.63) is 28.8 Å². The summed E-state index contributed by atoms with van der Waals surface area (Å²) in [4.78, 5) is 11.6. The molecule has 4 nitrogen and oxygen atoms in total. The first kappa shape index (κ1) is 12.8. The van der Waals surface area contributed by atoms with Gasteiger partial charge in [-0.15, -0.1) is 0 Å². The van der Waals surface area contributed by atoms with Gasteiger partial charge in [-0.25, -0.2) is 0 Å². The average Bonchev–Trinajstić information content (AvgIpc) is 2.27. The topological polar surface area (TPSA) is 58.6 Å². The first-order valence-corrected chi connectivity index (χ1v) is 5.37. The summed E-state index contributed by atoms with van der Waals surface area (Å²) in [6, 6.07) is 4.33. The number of benzene rings is 1. The Morgan fingerprint density at radius 3 is 3.00 bits per heavy atom. The quantitative estimate of drug-likeness (QED) is 0.776. The lowest BCUT2D eigenvalue weighted by Gasteiger charge is -2.07. The van der Waals surface area contributed by atoms with Gasteiger partial charge in [-0.3, -0.25) is 4.79 Å². The number of hydrogen-bond donors (Lipinski definition) is 2. The number of amides is 1. The van der Waals surface area contributed by atoms with E-state index in [2.05, 4.69) is 5.32 Å². The summed E-state index contributed by atoms with van der Waals surface area (Å²) in [5.74, 6) is -0.446. The van der Waals surface area contributed by atoms with Crippen LogP contribution in [0.1, 0.15) is 17.3 Å². The molecular formula is C11H14ClNO3. The van der Waals surface area contributed by atoms with Crippen LogP contribution in [0.2, 0.25) is 5.02 Å². The van der Waals surface area contributed by atoms with Gasteiger partial charge in [0.25, 0.3) is 5.91 Å². The average molecular weight is 244 g/mol. The Labute approximate surface area is 99.2 Å². The van der Waals surface area contributed by atoms with E-state index in [1.54, 1.807) is 0 Å². The summed E-state index contributed by atoms with van der Waals surface area (Å²) in [6.07, 6.45) is 0. The zero-order valence-electron chi connectivity index (χ0n) is 9.00.